The third-order valence-electron chi connectivity index (χ3n) is 3.21. The molecule has 110 valence electrons. The Balaban J connectivity index is 1.75. The molecule has 0 aliphatic carbocycles. The summed E-state index contributed by atoms with van der Waals surface area (Å²) < 4.78 is 11.1. The van der Waals surface area contributed by atoms with E-state index in [1.54, 1.807) is 0 Å². The molecule has 1 aromatic rings. The first-order chi connectivity index (χ1) is 9.46. The van der Waals surface area contributed by atoms with Crippen LogP contribution in [0.25, 0.3) is 0 Å². The van der Waals surface area contributed by atoms with Gasteiger partial charge in [-0.25, -0.2) is 0 Å². The SMILES string of the molecule is CC1(C)OCC(CNC(=O)[C@@H](N)Cc2ccccc2)O1. The van der Waals surface area contributed by atoms with Gasteiger partial charge in [0.05, 0.1) is 12.6 Å². The Labute approximate surface area is 119 Å². The fraction of sp³-hybridized carbons (Fsp3) is 0.533. The van der Waals surface area contributed by atoms with Crippen molar-refractivity contribution in [3.05, 3.63) is 35.9 Å². The van der Waals surface area contributed by atoms with E-state index < -0.39 is 11.8 Å². The molecule has 0 bridgehead atoms. The molecule has 1 aliphatic heterocycles. The van der Waals surface area contributed by atoms with Gasteiger partial charge in [0.2, 0.25) is 5.91 Å². The van der Waals surface area contributed by atoms with Crippen LogP contribution in [0.4, 0.5) is 0 Å². The third kappa shape index (κ3) is 4.30. The number of carbonyl (C=O) groups is 1. The van der Waals surface area contributed by atoms with Gasteiger partial charge >= 0.3 is 0 Å². The lowest BCUT2D eigenvalue weighted by Crippen LogP contribution is -2.45. The highest BCUT2D eigenvalue weighted by Gasteiger charge is 2.32. The summed E-state index contributed by atoms with van der Waals surface area (Å²) in [5, 5.41) is 2.81. The van der Waals surface area contributed by atoms with E-state index in [0.29, 0.717) is 19.6 Å². The number of hydrogen-bond acceptors (Lipinski definition) is 4. The molecular formula is C15H22N2O3. The quantitative estimate of drug-likeness (QED) is 0.836. The van der Waals surface area contributed by atoms with Gasteiger partial charge in [-0.2, -0.15) is 0 Å². The van der Waals surface area contributed by atoms with Crippen molar-refractivity contribution < 1.29 is 14.3 Å². The minimum atomic E-state index is -0.568. The predicted octanol–water partition coefficient (Wildman–Crippen LogP) is 0.824. The first kappa shape index (κ1) is 15.0. The van der Waals surface area contributed by atoms with E-state index in [-0.39, 0.29) is 12.0 Å². The van der Waals surface area contributed by atoms with Crippen LogP contribution in [0.1, 0.15) is 19.4 Å². The van der Waals surface area contributed by atoms with Crippen LogP contribution in [-0.2, 0) is 20.7 Å². The molecule has 1 saturated heterocycles. The monoisotopic (exact) mass is 278 g/mol. The van der Waals surface area contributed by atoms with Crippen LogP contribution in [0.3, 0.4) is 0 Å². The first-order valence-electron chi connectivity index (χ1n) is 6.85. The fourth-order valence-electron chi connectivity index (χ4n) is 2.17. The van der Waals surface area contributed by atoms with E-state index in [1.165, 1.54) is 0 Å². The van der Waals surface area contributed by atoms with Gasteiger partial charge in [0, 0.05) is 6.54 Å². The number of nitrogens with one attached hydrogen (secondary N) is 1. The maximum Gasteiger partial charge on any atom is 0.237 e. The fourth-order valence-corrected chi connectivity index (χ4v) is 2.17. The predicted molar refractivity (Wildman–Crippen MR) is 76.0 cm³/mol. The van der Waals surface area contributed by atoms with Gasteiger partial charge in [-0.1, -0.05) is 30.3 Å². The van der Waals surface area contributed by atoms with Crippen LogP contribution in [0.15, 0.2) is 30.3 Å². The minimum Gasteiger partial charge on any atom is -0.352 e. The van der Waals surface area contributed by atoms with Crippen LogP contribution < -0.4 is 11.1 Å². The summed E-state index contributed by atoms with van der Waals surface area (Å²) in [5.74, 6) is -0.733. The van der Waals surface area contributed by atoms with Crippen molar-refractivity contribution >= 4 is 5.91 Å². The lowest BCUT2D eigenvalue weighted by atomic mass is 10.1. The standard InChI is InChI=1S/C15H22N2O3/c1-15(2)19-10-12(20-15)9-17-14(18)13(16)8-11-6-4-3-5-7-11/h3-7,12-13H,8-10,16H2,1-2H3,(H,17,18)/t12?,13-/m0/s1. The summed E-state index contributed by atoms with van der Waals surface area (Å²) in [7, 11) is 0. The molecule has 0 saturated carbocycles. The van der Waals surface area contributed by atoms with Crippen LogP contribution in [0.2, 0.25) is 0 Å². The molecule has 1 aromatic carbocycles. The van der Waals surface area contributed by atoms with Gasteiger partial charge in [-0.05, 0) is 25.8 Å². The van der Waals surface area contributed by atoms with E-state index in [4.69, 9.17) is 15.2 Å². The number of ether oxygens (including phenoxy) is 2. The Morgan fingerprint density at radius 2 is 2.15 bits per heavy atom. The number of rotatable bonds is 5. The maximum absolute atomic E-state index is 11.9. The Bertz CT molecular complexity index is 448. The zero-order chi connectivity index (χ0) is 14.6. The number of amides is 1. The second-order valence-corrected chi connectivity index (χ2v) is 5.49. The van der Waals surface area contributed by atoms with Crippen LogP contribution in [-0.4, -0.2) is 37.0 Å². The molecule has 1 unspecified atom stereocenters. The molecule has 5 heteroatoms. The van der Waals surface area contributed by atoms with E-state index in [2.05, 4.69) is 5.32 Å². The smallest absolute Gasteiger partial charge is 0.237 e. The molecule has 1 heterocycles. The molecule has 5 nitrogen and oxygen atoms in total. The zero-order valence-corrected chi connectivity index (χ0v) is 12.0. The van der Waals surface area contributed by atoms with Gasteiger partial charge in [0.15, 0.2) is 5.79 Å². The van der Waals surface area contributed by atoms with Gasteiger partial charge in [-0.3, -0.25) is 4.79 Å². The van der Waals surface area contributed by atoms with Gasteiger partial charge in [-0.15, -0.1) is 0 Å². The molecule has 1 amide bonds. The van der Waals surface area contributed by atoms with Crippen molar-refractivity contribution in [3.63, 3.8) is 0 Å². The molecule has 0 radical (unpaired) electrons. The van der Waals surface area contributed by atoms with E-state index in [0.717, 1.165) is 5.56 Å². The van der Waals surface area contributed by atoms with Crippen molar-refractivity contribution in [2.24, 2.45) is 5.73 Å². The molecule has 0 aromatic heterocycles. The number of carbonyl (C=O) groups excluding carboxylic acids is 1. The summed E-state index contributed by atoms with van der Waals surface area (Å²) in [4.78, 5) is 11.9. The van der Waals surface area contributed by atoms with E-state index in [1.807, 2.05) is 44.2 Å². The van der Waals surface area contributed by atoms with Crippen LogP contribution in [0.5, 0.6) is 0 Å². The second kappa shape index (κ2) is 6.35. The van der Waals surface area contributed by atoms with Gasteiger partial charge in [0.25, 0.3) is 0 Å². The molecule has 0 spiro atoms. The average Bonchev–Trinajstić information content (AvgIpc) is 2.76. The summed E-state index contributed by atoms with van der Waals surface area (Å²) >= 11 is 0. The maximum atomic E-state index is 11.9. The van der Waals surface area contributed by atoms with Crippen molar-refractivity contribution in [2.45, 2.75) is 38.2 Å². The molecule has 2 rings (SSSR count). The van der Waals surface area contributed by atoms with Gasteiger partial charge in [0.1, 0.15) is 6.10 Å². The normalized spacial score (nSPS) is 22.4. The van der Waals surface area contributed by atoms with Crippen molar-refractivity contribution in [3.8, 4) is 0 Å². The Morgan fingerprint density at radius 1 is 1.45 bits per heavy atom. The Hall–Kier alpha value is -1.43. The zero-order valence-electron chi connectivity index (χ0n) is 12.0. The van der Waals surface area contributed by atoms with Crippen molar-refractivity contribution in [1.82, 2.24) is 5.32 Å². The first-order valence-corrected chi connectivity index (χ1v) is 6.85. The summed E-state index contributed by atoms with van der Waals surface area (Å²) in [6.07, 6.45) is 0.415. The second-order valence-electron chi connectivity index (χ2n) is 5.49. The third-order valence-corrected chi connectivity index (χ3v) is 3.21. The van der Waals surface area contributed by atoms with Gasteiger partial charge < -0.3 is 20.5 Å². The summed E-state index contributed by atoms with van der Waals surface area (Å²) in [5.41, 5.74) is 6.96. The Morgan fingerprint density at radius 3 is 2.75 bits per heavy atom. The lowest BCUT2D eigenvalue weighted by Gasteiger charge is -2.18. The highest BCUT2D eigenvalue weighted by molar-refractivity contribution is 5.81. The highest BCUT2D eigenvalue weighted by atomic mass is 16.7. The molecule has 20 heavy (non-hydrogen) atoms. The number of nitrogens with two attached hydrogens (primary N) is 1. The minimum absolute atomic E-state index is 0.113. The lowest BCUT2D eigenvalue weighted by molar-refractivity contribution is -0.139. The molecule has 2 atom stereocenters. The highest BCUT2D eigenvalue weighted by Crippen LogP contribution is 2.21. The summed E-state index contributed by atoms with van der Waals surface area (Å²) in [6.45, 7) is 4.62. The number of benzene rings is 1. The molecule has 1 fully saturated rings. The largest absolute Gasteiger partial charge is 0.352 e. The van der Waals surface area contributed by atoms with E-state index >= 15 is 0 Å². The van der Waals surface area contributed by atoms with Crippen molar-refractivity contribution in [2.75, 3.05) is 13.2 Å². The topological polar surface area (TPSA) is 73.6 Å². The molecular weight excluding hydrogens is 256 g/mol. The molecule has 3 N–H and O–H groups in total. The van der Waals surface area contributed by atoms with Crippen LogP contribution in [0, 0.1) is 0 Å². The van der Waals surface area contributed by atoms with Crippen molar-refractivity contribution in [1.29, 1.82) is 0 Å². The number of hydrogen-bond donors (Lipinski definition) is 2. The van der Waals surface area contributed by atoms with E-state index in [9.17, 15) is 4.79 Å². The Kier molecular flexibility index (Phi) is 4.75. The average molecular weight is 278 g/mol. The molecule has 1 aliphatic rings. The van der Waals surface area contributed by atoms with Crippen LogP contribution >= 0.6 is 0 Å². The summed E-state index contributed by atoms with van der Waals surface area (Å²) in [6, 6.07) is 9.19.